The van der Waals surface area contributed by atoms with Gasteiger partial charge in [-0.15, -0.1) is 0 Å². The molecular formula is C29H19Cl2N3O8. The van der Waals surface area contributed by atoms with Crippen molar-refractivity contribution in [3.63, 3.8) is 0 Å². The van der Waals surface area contributed by atoms with Crippen LogP contribution in [0.2, 0.25) is 10.0 Å². The average Bonchev–Trinajstić information content (AvgIpc) is 2.98. The predicted molar refractivity (Wildman–Crippen MR) is 154 cm³/mol. The molecule has 0 bridgehead atoms. The first-order valence-electron chi connectivity index (χ1n) is 12.0. The maximum atomic E-state index is 12.8. The Morgan fingerprint density at radius 2 is 1.33 bits per heavy atom. The number of non-ortho nitro benzene ring substituents is 1. The number of hydrazone groups is 1. The van der Waals surface area contributed by atoms with Crippen LogP contribution in [0.1, 0.15) is 26.3 Å². The predicted octanol–water partition coefficient (Wildman–Crippen LogP) is 5.87. The van der Waals surface area contributed by atoms with Gasteiger partial charge in [0, 0.05) is 33.8 Å². The summed E-state index contributed by atoms with van der Waals surface area (Å²) in [5, 5.41) is 15.5. The number of carbonyl (C=O) groups is 3. The fraction of sp³-hybridized carbons (Fsp3) is 0.0345. The molecule has 0 aromatic heterocycles. The molecule has 0 saturated carbocycles. The smallest absolute Gasteiger partial charge is 0.343 e. The zero-order valence-corrected chi connectivity index (χ0v) is 22.9. The topological polar surface area (TPSA) is 146 Å². The SMILES string of the molecule is O=C(COc1ccc([N+](=O)[O-])cc1)N/N=C\c1ccc(OC(=O)c2ccc(Cl)cc2)cc1OC(=O)c1ccc(Cl)cc1. The number of carbonyl (C=O) groups excluding carboxylic acids is 3. The average molecular weight is 608 g/mol. The van der Waals surface area contributed by atoms with Crippen molar-refractivity contribution < 1.29 is 33.5 Å². The van der Waals surface area contributed by atoms with Gasteiger partial charge < -0.3 is 14.2 Å². The van der Waals surface area contributed by atoms with Crippen LogP contribution in [-0.2, 0) is 4.79 Å². The van der Waals surface area contributed by atoms with Crippen LogP contribution in [0, 0.1) is 10.1 Å². The van der Waals surface area contributed by atoms with E-state index in [2.05, 4.69) is 10.5 Å². The van der Waals surface area contributed by atoms with Gasteiger partial charge in [0.05, 0.1) is 22.3 Å². The molecule has 0 heterocycles. The van der Waals surface area contributed by atoms with Crippen LogP contribution in [-0.4, -0.2) is 35.6 Å². The Labute approximate surface area is 248 Å². The number of hydrogen-bond acceptors (Lipinski definition) is 9. The summed E-state index contributed by atoms with van der Waals surface area (Å²) in [5.74, 6) is -1.70. The molecule has 1 amide bonds. The van der Waals surface area contributed by atoms with Crippen molar-refractivity contribution in [1.82, 2.24) is 5.43 Å². The summed E-state index contributed by atoms with van der Waals surface area (Å²) >= 11 is 11.8. The summed E-state index contributed by atoms with van der Waals surface area (Å²) in [4.78, 5) is 47.7. The second-order valence-corrected chi connectivity index (χ2v) is 9.20. The van der Waals surface area contributed by atoms with Gasteiger partial charge in [-0.3, -0.25) is 14.9 Å². The Kier molecular flexibility index (Phi) is 9.82. The first-order valence-corrected chi connectivity index (χ1v) is 12.7. The van der Waals surface area contributed by atoms with E-state index in [-0.39, 0.29) is 39.6 Å². The van der Waals surface area contributed by atoms with Gasteiger partial charge in [-0.1, -0.05) is 23.2 Å². The molecule has 0 unspecified atom stereocenters. The lowest BCUT2D eigenvalue weighted by atomic mass is 10.2. The Balaban J connectivity index is 1.46. The van der Waals surface area contributed by atoms with E-state index in [1.165, 1.54) is 85.1 Å². The minimum atomic E-state index is -0.719. The molecule has 0 aliphatic heterocycles. The van der Waals surface area contributed by atoms with Gasteiger partial charge in [-0.25, -0.2) is 15.0 Å². The zero-order chi connectivity index (χ0) is 30.1. The van der Waals surface area contributed by atoms with Crippen LogP contribution in [0.5, 0.6) is 17.2 Å². The van der Waals surface area contributed by atoms with E-state index in [0.717, 1.165) is 0 Å². The van der Waals surface area contributed by atoms with Crippen LogP contribution in [0.25, 0.3) is 0 Å². The molecule has 4 aromatic rings. The molecule has 212 valence electrons. The van der Waals surface area contributed by atoms with Crippen molar-refractivity contribution in [3.05, 3.63) is 128 Å². The molecule has 42 heavy (non-hydrogen) atoms. The molecule has 0 spiro atoms. The maximum absolute atomic E-state index is 12.8. The van der Waals surface area contributed by atoms with Crippen LogP contribution < -0.4 is 19.6 Å². The number of nitrogens with zero attached hydrogens (tertiary/aromatic N) is 2. The number of halogens is 2. The second kappa shape index (κ2) is 13.9. The quantitative estimate of drug-likeness (QED) is 0.0774. The molecule has 0 radical (unpaired) electrons. The number of nitro benzene ring substituents is 1. The summed E-state index contributed by atoms with van der Waals surface area (Å²) in [6.45, 7) is -0.423. The van der Waals surface area contributed by atoms with Crippen molar-refractivity contribution in [2.75, 3.05) is 6.61 Å². The van der Waals surface area contributed by atoms with Gasteiger partial charge in [0.1, 0.15) is 17.2 Å². The third kappa shape index (κ3) is 8.37. The lowest BCUT2D eigenvalue weighted by Crippen LogP contribution is -2.24. The molecule has 0 atom stereocenters. The number of benzene rings is 4. The fourth-order valence-corrected chi connectivity index (χ4v) is 3.54. The first kappa shape index (κ1) is 29.7. The largest absolute Gasteiger partial charge is 0.484 e. The molecule has 4 rings (SSSR count). The minimum absolute atomic E-state index is 0.0171. The highest BCUT2D eigenvalue weighted by Gasteiger charge is 2.15. The van der Waals surface area contributed by atoms with Crippen molar-refractivity contribution >= 4 is 52.9 Å². The van der Waals surface area contributed by atoms with E-state index in [1.807, 2.05) is 0 Å². The van der Waals surface area contributed by atoms with Gasteiger partial charge >= 0.3 is 11.9 Å². The summed E-state index contributed by atoms with van der Waals surface area (Å²) in [6.07, 6.45) is 1.22. The third-order valence-electron chi connectivity index (χ3n) is 5.37. The number of ether oxygens (including phenoxy) is 3. The normalized spacial score (nSPS) is 10.6. The maximum Gasteiger partial charge on any atom is 0.343 e. The van der Waals surface area contributed by atoms with Gasteiger partial charge in [0.15, 0.2) is 6.61 Å². The van der Waals surface area contributed by atoms with Crippen molar-refractivity contribution in [3.8, 4) is 17.2 Å². The van der Waals surface area contributed by atoms with E-state index in [1.54, 1.807) is 12.1 Å². The Hall–Kier alpha value is -5.26. The Morgan fingerprint density at radius 1 is 0.786 bits per heavy atom. The van der Waals surface area contributed by atoms with E-state index in [4.69, 9.17) is 37.4 Å². The van der Waals surface area contributed by atoms with Crippen LogP contribution >= 0.6 is 23.2 Å². The van der Waals surface area contributed by atoms with E-state index >= 15 is 0 Å². The highest BCUT2D eigenvalue weighted by molar-refractivity contribution is 6.31. The van der Waals surface area contributed by atoms with Crippen molar-refractivity contribution in [2.45, 2.75) is 0 Å². The van der Waals surface area contributed by atoms with E-state index in [0.29, 0.717) is 10.0 Å². The Morgan fingerprint density at radius 3 is 1.90 bits per heavy atom. The van der Waals surface area contributed by atoms with E-state index in [9.17, 15) is 24.5 Å². The molecule has 0 aliphatic carbocycles. The van der Waals surface area contributed by atoms with Gasteiger partial charge in [-0.05, 0) is 72.8 Å². The molecule has 0 fully saturated rings. The number of nitro groups is 1. The minimum Gasteiger partial charge on any atom is -0.484 e. The monoisotopic (exact) mass is 607 g/mol. The summed E-state index contributed by atoms with van der Waals surface area (Å²) in [7, 11) is 0. The van der Waals surface area contributed by atoms with Crippen molar-refractivity contribution in [2.24, 2.45) is 5.10 Å². The third-order valence-corrected chi connectivity index (χ3v) is 5.87. The number of hydrogen-bond donors (Lipinski definition) is 1. The van der Waals surface area contributed by atoms with Gasteiger partial charge in [-0.2, -0.15) is 5.10 Å². The molecule has 13 heteroatoms. The zero-order valence-electron chi connectivity index (χ0n) is 21.4. The molecule has 11 nitrogen and oxygen atoms in total. The highest BCUT2D eigenvalue weighted by atomic mass is 35.5. The standard InChI is InChI=1S/C29H19Cl2N3O8/c30-21-6-1-18(2-7-21)28(36)41-25-12-5-20(26(15-25)42-29(37)19-3-8-22(31)9-4-19)16-32-33-27(35)17-40-24-13-10-23(11-14-24)34(38)39/h1-16H,17H2,(H,33,35)/b32-16-. The molecule has 1 N–H and O–H groups in total. The molecular weight excluding hydrogens is 589 g/mol. The first-order chi connectivity index (χ1) is 20.2. The van der Waals surface area contributed by atoms with Crippen LogP contribution in [0.15, 0.2) is 96.1 Å². The second-order valence-electron chi connectivity index (χ2n) is 8.33. The number of nitrogens with one attached hydrogen (secondary N) is 1. The van der Waals surface area contributed by atoms with E-state index < -0.39 is 29.4 Å². The van der Waals surface area contributed by atoms with Crippen LogP contribution in [0.3, 0.4) is 0 Å². The molecule has 4 aromatic carbocycles. The summed E-state index contributed by atoms with van der Waals surface area (Å²) in [6, 6.07) is 21.6. The van der Waals surface area contributed by atoms with Gasteiger partial charge in [0.2, 0.25) is 0 Å². The molecule has 0 saturated heterocycles. The van der Waals surface area contributed by atoms with Gasteiger partial charge in [0.25, 0.3) is 11.6 Å². The number of amides is 1. The lowest BCUT2D eigenvalue weighted by Gasteiger charge is -2.11. The number of esters is 2. The Bertz CT molecular complexity index is 1640. The summed E-state index contributed by atoms with van der Waals surface area (Å²) < 4.78 is 16.2. The van der Waals surface area contributed by atoms with Crippen LogP contribution in [0.4, 0.5) is 5.69 Å². The number of rotatable bonds is 10. The highest BCUT2D eigenvalue weighted by Crippen LogP contribution is 2.26. The lowest BCUT2D eigenvalue weighted by molar-refractivity contribution is -0.384. The summed E-state index contributed by atoms with van der Waals surface area (Å²) in [5.41, 5.74) is 2.88. The molecule has 0 aliphatic rings. The van der Waals surface area contributed by atoms with Crippen molar-refractivity contribution in [1.29, 1.82) is 0 Å². The fourth-order valence-electron chi connectivity index (χ4n) is 3.29.